The Morgan fingerprint density at radius 3 is 2.33 bits per heavy atom. The third kappa shape index (κ3) is 10.3. The zero-order valence-corrected chi connectivity index (χ0v) is 18.1. The topological polar surface area (TPSA) is 74.8 Å². The number of amides is 1. The van der Waals surface area contributed by atoms with Gasteiger partial charge in [0.15, 0.2) is 5.96 Å². The highest BCUT2D eigenvalue weighted by Gasteiger charge is 2.33. The summed E-state index contributed by atoms with van der Waals surface area (Å²) in [6.07, 6.45) is -4.47. The van der Waals surface area contributed by atoms with E-state index < -0.39 is 11.7 Å². The van der Waals surface area contributed by atoms with Crippen molar-refractivity contribution in [2.24, 2.45) is 4.99 Å². The standard InChI is InChI=1S/C17H25F3N4O2.HI/c1-16(2,3)24-14(25)11-23-15(21-4)22-9-10-26-13-8-6-5-7-12(13)17(18,19)20;/h5-8H,9-11H2,1-4H3,(H,24,25)(H2,21,22,23);1H. The molecule has 0 bridgehead atoms. The van der Waals surface area contributed by atoms with E-state index in [2.05, 4.69) is 20.9 Å². The summed E-state index contributed by atoms with van der Waals surface area (Å²) < 4.78 is 43.8. The molecule has 0 aliphatic heterocycles. The van der Waals surface area contributed by atoms with Gasteiger partial charge in [-0.15, -0.1) is 24.0 Å². The normalized spacial score (nSPS) is 12.0. The van der Waals surface area contributed by atoms with Crippen molar-refractivity contribution in [2.75, 3.05) is 26.7 Å². The molecule has 0 aliphatic carbocycles. The van der Waals surface area contributed by atoms with Crippen molar-refractivity contribution in [3.63, 3.8) is 0 Å². The highest BCUT2D eigenvalue weighted by molar-refractivity contribution is 14.0. The number of benzene rings is 1. The Bertz CT molecular complexity index is 631. The number of para-hydroxylation sites is 1. The van der Waals surface area contributed by atoms with Gasteiger partial charge in [-0.25, -0.2) is 0 Å². The minimum atomic E-state index is -4.47. The summed E-state index contributed by atoms with van der Waals surface area (Å²) in [6, 6.07) is 5.03. The highest BCUT2D eigenvalue weighted by Crippen LogP contribution is 2.35. The molecular weight excluding hydrogens is 476 g/mol. The van der Waals surface area contributed by atoms with Crippen LogP contribution in [0.2, 0.25) is 0 Å². The summed E-state index contributed by atoms with van der Waals surface area (Å²) in [5, 5.41) is 8.48. The first-order valence-electron chi connectivity index (χ1n) is 8.07. The van der Waals surface area contributed by atoms with Crippen molar-refractivity contribution in [3.8, 4) is 5.75 Å². The maximum absolute atomic E-state index is 12.9. The maximum Gasteiger partial charge on any atom is 0.419 e. The largest absolute Gasteiger partial charge is 0.491 e. The summed E-state index contributed by atoms with van der Waals surface area (Å²) in [7, 11) is 1.52. The maximum atomic E-state index is 12.9. The Morgan fingerprint density at radius 2 is 1.78 bits per heavy atom. The van der Waals surface area contributed by atoms with E-state index in [9.17, 15) is 18.0 Å². The second-order valence-electron chi connectivity index (χ2n) is 6.49. The van der Waals surface area contributed by atoms with Crippen molar-refractivity contribution in [1.82, 2.24) is 16.0 Å². The molecule has 0 unspecified atom stereocenters. The smallest absolute Gasteiger partial charge is 0.419 e. The molecule has 0 spiro atoms. The van der Waals surface area contributed by atoms with Gasteiger partial charge in [0, 0.05) is 12.6 Å². The molecule has 0 radical (unpaired) electrons. The molecule has 0 aliphatic rings. The van der Waals surface area contributed by atoms with Gasteiger partial charge in [-0.2, -0.15) is 13.2 Å². The van der Waals surface area contributed by atoms with Gasteiger partial charge in [0.25, 0.3) is 0 Å². The van der Waals surface area contributed by atoms with Gasteiger partial charge < -0.3 is 20.7 Å². The van der Waals surface area contributed by atoms with E-state index in [1.54, 1.807) is 0 Å². The van der Waals surface area contributed by atoms with Gasteiger partial charge in [-0.1, -0.05) is 12.1 Å². The van der Waals surface area contributed by atoms with Gasteiger partial charge in [0.1, 0.15) is 12.4 Å². The van der Waals surface area contributed by atoms with E-state index in [1.165, 1.54) is 25.2 Å². The van der Waals surface area contributed by atoms with E-state index in [1.807, 2.05) is 20.8 Å². The number of aliphatic imine (C=N–C) groups is 1. The fourth-order valence-corrected chi connectivity index (χ4v) is 2.00. The minimum absolute atomic E-state index is 0. The number of halogens is 4. The van der Waals surface area contributed by atoms with E-state index in [0.29, 0.717) is 5.96 Å². The molecule has 0 fully saturated rings. The lowest BCUT2D eigenvalue weighted by Gasteiger charge is -2.21. The van der Waals surface area contributed by atoms with Gasteiger partial charge >= 0.3 is 6.18 Å². The molecule has 1 aromatic carbocycles. The fourth-order valence-electron chi connectivity index (χ4n) is 2.00. The number of hydrogen-bond donors (Lipinski definition) is 3. The molecule has 6 nitrogen and oxygen atoms in total. The lowest BCUT2D eigenvalue weighted by atomic mass is 10.1. The summed E-state index contributed by atoms with van der Waals surface area (Å²) in [4.78, 5) is 15.7. The summed E-state index contributed by atoms with van der Waals surface area (Å²) in [5.41, 5.74) is -1.16. The lowest BCUT2D eigenvalue weighted by Crippen LogP contribution is -2.48. The molecule has 10 heteroatoms. The summed E-state index contributed by atoms with van der Waals surface area (Å²) in [5.74, 6) is -0.0770. The molecule has 154 valence electrons. The van der Waals surface area contributed by atoms with E-state index in [4.69, 9.17) is 4.74 Å². The van der Waals surface area contributed by atoms with Crippen LogP contribution in [-0.2, 0) is 11.0 Å². The van der Waals surface area contributed by atoms with Crippen LogP contribution in [0.4, 0.5) is 13.2 Å². The molecule has 0 saturated carbocycles. The number of hydrogen-bond acceptors (Lipinski definition) is 3. The third-order valence-corrected chi connectivity index (χ3v) is 3.00. The van der Waals surface area contributed by atoms with Crippen LogP contribution in [-0.4, -0.2) is 44.1 Å². The molecule has 0 atom stereocenters. The van der Waals surface area contributed by atoms with Crippen LogP contribution in [0.5, 0.6) is 5.75 Å². The third-order valence-electron chi connectivity index (χ3n) is 3.00. The number of rotatable bonds is 6. The van der Waals surface area contributed by atoms with E-state index in [0.717, 1.165) is 6.07 Å². The lowest BCUT2D eigenvalue weighted by molar-refractivity contribution is -0.139. The fraction of sp³-hybridized carbons (Fsp3) is 0.529. The predicted molar refractivity (Wildman–Crippen MR) is 110 cm³/mol. The number of guanidine groups is 1. The second kappa shape index (κ2) is 11.2. The average molecular weight is 502 g/mol. The van der Waals surface area contributed by atoms with Crippen molar-refractivity contribution in [1.29, 1.82) is 0 Å². The van der Waals surface area contributed by atoms with Crippen LogP contribution < -0.4 is 20.7 Å². The number of alkyl halides is 3. The molecule has 1 rings (SSSR count). The summed E-state index contributed by atoms with van der Waals surface area (Å²) >= 11 is 0. The van der Waals surface area contributed by atoms with Gasteiger partial charge in [0.2, 0.25) is 5.91 Å². The van der Waals surface area contributed by atoms with E-state index >= 15 is 0 Å². The SMILES string of the molecule is CN=C(NCCOc1ccccc1C(F)(F)F)NCC(=O)NC(C)(C)C.I. The highest BCUT2D eigenvalue weighted by atomic mass is 127. The van der Waals surface area contributed by atoms with Crippen molar-refractivity contribution >= 4 is 35.8 Å². The molecule has 3 N–H and O–H groups in total. The van der Waals surface area contributed by atoms with Crippen molar-refractivity contribution in [2.45, 2.75) is 32.5 Å². The predicted octanol–water partition coefficient (Wildman–Crippen LogP) is 2.78. The number of carbonyl (C=O) groups excluding carboxylic acids is 1. The Kier molecular flexibility index (Phi) is 10.5. The monoisotopic (exact) mass is 502 g/mol. The zero-order valence-electron chi connectivity index (χ0n) is 15.7. The molecule has 1 aromatic rings. The van der Waals surface area contributed by atoms with Crippen LogP contribution in [0.25, 0.3) is 0 Å². The van der Waals surface area contributed by atoms with E-state index in [-0.39, 0.29) is 60.9 Å². The first kappa shape index (κ1) is 25.3. The van der Waals surface area contributed by atoms with Gasteiger partial charge in [-0.05, 0) is 32.9 Å². The van der Waals surface area contributed by atoms with Crippen LogP contribution >= 0.6 is 24.0 Å². The van der Waals surface area contributed by atoms with Crippen LogP contribution in [0.15, 0.2) is 29.3 Å². The number of carbonyl (C=O) groups is 1. The van der Waals surface area contributed by atoms with Crippen molar-refractivity contribution < 1.29 is 22.7 Å². The number of nitrogens with zero attached hydrogens (tertiary/aromatic N) is 1. The zero-order chi connectivity index (χ0) is 19.8. The number of nitrogens with one attached hydrogen (secondary N) is 3. The van der Waals surface area contributed by atoms with Gasteiger partial charge in [0.05, 0.1) is 18.7 Å². The quantitative estimate of drug-likeness (QED) is 0.242. The molecule has 27 heavy (non-hydrogen) atoms. The Balaban J connectivity index is 0.00000676. The van der Waals surface area contributed by atoms with Gasteiger partial charge in [-0.3, -0.25) is 9.79 Å². The second-order valence-corrected chi connectivity index (χ2v) is 6.49. The van der Waals surface area contributed by atoms with Crippen molar-refractivity contribution in [3.05, 3.63) is 29.8 Å². The molecule has 0 aromatic heterocycles. The van der Waals surface area contributed by atoms with Crippen LogP contribution in [0, 0.1) is 0 Å². The summed E-state index contributed by atoms with van der Waals surface area (Å²) in [6.45, 7) is 5.85. The van der Waals surface area contributed by atoms with Crippen LogP contribution in [0.1, 0.15) is 26.3 Å². The Labute approximate surface area is 174 Å². The number of ether oxygens (including phenoxy) is 1. The molecular formula is C17H26F3IN4O2. The molecule has 0 heterocycles. The Morgan fingerprint density at radius 1 is 1.15 bits per heavy atom. The Hall–Kier alpha value is -1.72. The first-order chi connectivity index (χ1) is 12.0. The minimum Gasteiger partial charge on any atom is -0.491 e. The first-order valence-corrected chi connectivity index (χ1v) is 8.07. The van der Waals surface area contributed by atoms with Crippen LogP contribution in [0.3, 0.4) is 0 Å². The molecule has 0 saturated heterocycles. The molecule has 1 amide bonds. The average Bonchev–Trinajstić information content (AvgIpc) is 2.52.